The average Bonchev–Trinajstić information content (AvgIpc) is 3.23. The van der Waals surface area contributed by atoms with Gasteiger partial charge in [0.15, 0.2) is 6.10 Å². The third-order valence-electron chi connectivity index (χ3n) is 11.5. The van der Waals surface area contributed by atoms with Gasteiger partial charge in [-0.3, -0.25) is 0 Å². The number of carbonyl (C=O) groups is 1. The number of hydrogen-bond acceptors (Lipinski definition) is 5. The van der Waals surface area contributed by atoms with Crippen LogP contribution in [0.5, 0.6) is 0 Å². The van der Waals surface area contributed by atoms with Crippen molar-refractivity contribution in [1.29, 1.82) is 0 Å². The lowest BCUT2D eigenvalue weighted by Gasteiger charge is -2.64. The normalized spacial score (nSPS) is 43.4. The molecule has 0 aromatic carbocycles. The largest absolute Gasteiger partial charge is 0.499 e. The molecular formula is C32H50O6. The van der Waals surface area contributed by atoms with Gasteiger partial charge in [-0.15, -0.1) is 0 Å². The molecule has 0 saturated heterocycles. The first-order chi connectivity index (χ1) is 18.1. The van der Waals surface area contributed by atoms with Gasteiger partial charge < -0.3 is 24.1 Å². The number of carboxylic acid groups (broad SMARTS) is 1. The van der Waals surface area contributed by atoms with E-state index in [0.717, 1.165) is 44.9 Å². The lowest BCUT2D eigenvalue weighted by Crippen LogP contribution is -2.63. The lowest BCUT2D eigenvalue weighted by molar-refractivity contribution is -0.210. The predicted molar refractivity (Wildman–Crippen MR) is 148 cm³/mol. The molecule has 0 bridgehead atoms. The summed E-state index contributed by atoms with van der Waals surface area (Å²) < 4.78 is 24.3. The third-order valence-corrected chi connectivity index (χ3v) is 11.5. The fourth-order valence-corrected chi connectivity index (χ4v) is 9.85. The minimum absolute atomic E-state index is 0.0404. The van der Waals surface area contributed by atoms with E-state index in [1.165, 1.54) is 0 Å². The Labute approximate surface area is 229 Å². The van der Waals surface area contributed by atoms with Crippen molar-refractivity contribution >= 4 is 5.97 Å². The summed E-state index contributed by atoms with van der Waals surface area (Å²) in [7, 11) is 0. The van der Waals surface area contributed by atoms with Crippen molar-refractivity contribution in [3.63, 3.8) is 0 Å². The molecule has 6 heteroatoms. The van der Waals surface area contributed by atoms with E-state index in [1.54, 1.807) is 18.8 Å². The fourth-order valence-electron chi connectivity index (χ4n) is 9.85. The van der Waals surface area contributed by atoms with Gasteiger partial charge in [-0.05, 0) is 93.3 Å². The van der Waals surface area contributed by atoms with Crippen molar-refractivity contribution in [3.8, 4) is 0 Å². The standard InChI is InChI=1S/C32H50O6/c1-8-35-22-14-15-31(6)21(17-22)18-26(36-9-2)29-24-13-12-23(20(5)16-27(30(33)34)37-10-3)32(24,7)28(38-11-4)19-25(29)31/h8-9,11,20-29H,1-2,4,10,12-19H2,3,5-7H3,(H,33,34)/t20-,21+,22-,23-,24+,25+,26-,27?,28+,29+,31+,32-/m1/s1. The third kappa shape index (κ3) is 4.91. The zero-order chi connectivity index (χ0) is 27.7. The average molecular weight is 531 g/mol. The molecule has 0 aromatic rings. The van der Waals surface area contributed by atoms with Crippen LogP contribution >= 0.6 is 0 Å². The molecule has 1 N–H and O–H groups in total. The molecule has 4 saturated carbocycles. The molecule has 4 rings (SSSR count). The summed E-state index contributed by atoms with van der Waals surface area (Å²) in [6, 6.07) is 0. The fraction of sp³-hybridized carbons (Fsp3) is 0.781. The van der Waals surface area contributed by atoms with Gasteiger partial charge in [0.1, 0.15) is 12.2 Å². The molecule has 0 spiro atoms. The number of hydrogen-bond donors (Lipinski definition) is 1. The Kier molecular flexibility index (Phi) is 8.91. The second kappa shape index (κ2) is 11.7. The van der Waals surface area contributed by atoms with Crippen LogP contribution in [0.25, 0.3) is 0 Å². The summed E-state index contributed by atoms with van der Waals surface area (Å²) in [5.41, 5.74) is 0.100. The van der Waals surface area contributed by atoms with Gasteiger partial charge in [-0.1, -0.05) is 40.5 Å². The van der Waals surface area contributed by atoms with Crippen LogP contribution in [0.1, 0.15) is 79.1 Å². The number of fused-ring (bicyclic) bond motifs is 5. The van der Waals surface area contributed by atoms with Crippen molar-refractivity contribution in [2.45, 2.75) is 103 Å². The van der Waals surface area contributed by atoms with E-state index in [1.807, 2.05) is 6.92 Å². The van der Waals surface area contributed by atoms with Crippen LogP contribution in [0, 0.1) is 46.3 Å². The highest BCUT2D eigenvalue weighted by atomic mass is 16.5. The van der Waals surface area contributed by atoms with Gasteiger partial charge in [0, 0.05) is 17.9 Å². The molecule has 4 fully saturated rings. The van der Waals surface area contributed by atoms with E-state index in [9.17, 15) is 9.90 Å². The van der Waals surface area contributed by atoms with Crippen LogP contribution < -0.4 is 0 Å². The predicted octanol–water partition coefficient (Wildman–Crippen LogP) is 6.97. The molecule has 12 atom stereocenters. The Bertz CT molecular complexity index is 872. The van der Waals surface area contributed by atoms with Crippen molar-refractivity contribution in [2.24, 2.45) is 46.3 Å². The minimum atomic E-state index is -0.872. The van der Waals surface area contributed by atoms with Crippen LogP contribution in [-0.2, 0) is 23.7 Å². The number of rotatable bonds is 12. The summed E-state index contributed by atoms with van der Waals surface area (Å²) in [5, 5.41) is 9.76. The zero-order valence-corrected chi connectivity index (χ0v) is 24.0. The SMILES string of the molecule is C=CO[C@@H]1CC[C@@]2(C)[C@@H](C1)C[C@@H](OC=C)[C@@H]1[C@@H]2C[C@H](OC=C)[C@]2(C)[C@@H]([C@H](C)CC(OCC)C(=O)O)CC[C@@H]12. The number of carboxylic acids is 1. The first-order valence-corrected chi connectivity index (χ1v) is 14.8. The van der Waals surface area contributed by atoms with Gasteiger partial charge >= 0.3 is 5.97 Å². The number of ether oxygens (including phenoxy) is 4. The molecule has 0 heterocycles. The molecule has 214 valence electrons. The summed E-state index contributed by atoms with van der Waals surface area (Å²) in [6.45, 7) is 21.1. The first kappa shape index (κ1) is 29.0. The lowest BCUT2D eigenvalue weighted by atomic mass is 9.43. The highest BCUT2D eigenvalue weighted by molar-refractivity contribution is 5.72. The van der Waals surface area contributed by atoms with Crippen LogP contribution in [0.15, 0.2) is 38.5 Å². The highest BCUT2D eigenvalue weighted by Gasteiger charge is 2.67. The van der Waals surface area contributed by atoms with E-state index in [2.05, 4.69) is 40.5 Å². The maximum Gasteiger partial charge on any atom is 0.332 e. The Morgan fingerprint density at radius 1 is 1.00 bits per heavy atom. The minimum Gasteiger partial charge on any atom is -0.499 e. The zero-order valence-electron chi connectivity index (χ0n) is 24.0. The smallest absolute Gasteiger partial charge is 0.332 e. The van der Waals surface area contributed by atoms with Crippen molar-refractivity contribution in [2.75, 3.05) is 6.61 Å². The van der Waals surface area contributed by atoms with Crippen LogP contribution in [0.2, 0.25) is 0 Å². The summed E-state index contributed by atoms with van der Waals surface area (Å²) in [4.78, 5) is 11.9. The molecule has 1 unspecified atom stereocenters. The van der Waals surface area contributed by atoms with E-state index in [4.69, 9.17) is 18.9 Å². The summed E-state index contributed by atoms with van der Waals surface area (Å²) >= 11 is 0. The van der Waals surface area contributed by atoms with Crippen molar-refractivity contribution < 1.29 is 28.8 Å². The Morgan fingerprint density at radius 2 is 1.71 bits per heavy atom. The Balaban J connectivity index is 1.67. The van der Waals surface area contributed by atoms with Crippen LogP contribution in [-0.4, -0.2) is 42.1 Å². The molecule has 38 heavy (non-hydrogen) atoms. The molecule has 0 radical (unpaired) electrons. The van der Waals surface area contributed by atoms with Crippen molar-refractivity contribution in [3.05, 3.63) is 38.5 Å². The monoisotopic (exact) mass is 530 g/mol. The summed E-state index contributed by atoms with van der Waals surface area (Å²) in [6.07, 6.45) is 12.4. The van der Waals surface area contributed by atoms with Gasteiger partial charge in [0.25, 0.3) is 0 Å². The van der Waals surface area contributed by atoms with E-state index >= 15 is 0 Å². The summed E-state index contributed by atoms with van der Waals surface area (Å²) in [5.74, 6) is 1.50. The molecule has 4 aliphatic rings. The maximum absolute atomic E-state index is 11.9. The molecule has 4 aliphatic carbocycles. The second-order valence-electron chi connectivity index (χ2n) is 12.8. The molecule has 0 aromatic heterocycles. The van der Waals surface area contributed by atoms with E-state index in [0.29, 0.717) is 42.6 Å². The van der Waals surface area contributed by atoms with E-state index in [-0.39, 0.29) is 35.1 Å². The number of aliphatic carboxylic acids is 1. The van der Waals surface area contributed by atoms with Gasteiger partial charge in [0.2, 0.25) is 0 Å². The van der Waals surface area contributed by atoms with Crippen molar-refractivity contribution in [1.82, 2.24) is 0 Å². The quantitative estimate of drug-likeness (QED) is 0.275. The molecule has 0 amide bonds. The first-order valence-electron chi connectivity index (χ1n) is 14.8. The van der Waals surface area contributed by atoms with E-state index < -0.39 is 12.1 Å². The molecule has 0 aliphatic heterocycles. The second-order valence-corrected chi connectivity index (χ2v) is 12.8. The Morgan fingerprint density at radius 3 is 2.34 bits per heavy atom. The highest BCUT2D eigenvalue weighted by Crippen LogP contribution is 2.69. The van der Waals surface area contributed by atoms with Gasteiger partial charge in [0.05, 0.1) is 24.9 Å². The van der Waals surface area contributed by atoms with Gasteiger partial charge in [-0.2, -0.15) is 0 Å². The van der Waals surface area contributed by atoms with Crippen LogP contribution in [0.4, 0.5) is 0 Å². The topological polar surface area (TPSA) is 74.2 Å². The van der Waals surface area contributed by atoms with Gasteiger partial charge in [-0.25, -0.2) is 4.79 Å². The Hall–Kier alpha value is -1.95. The molecular weight excluding hydrogens is 480 g/mol. The van der Waals surface area contributed by atoms with Crippen LogP contribution in [0.3, 0.4) is 0 Å². The molecule has 6 nitrogen and oxygen atoms in total. The maximum atomic E-state index is 11.9.